The molecule has 4 nitrogen and oxygen atoms in total. The van der Waals surface area contributed by atoms with Gasteiger partial charge in [-0.2, -0.15) is 0 Å². The average Bonchev–Trinajstić information content (AvgIpc) is 2.39. The number of rotatable bonds is 2. The molecule has 0 aromatic rings. The molecule has 92 valence electrons. The van der Waals surface area contributed by atoms with Gasteiger partial charge in [0.1, 0.15) is 0 Å². The fourth-order valence-electron chi connectivity index (χ4n) is 2.71. The first-order valence-electron chi connectivity index (χ1n) is 6.41. The van der Waals surface area contributed by atoms with Crippen molar-refractivity contribution in [1.29, 1.82) is 0 Å². The predicted molar refractivity (Wildman–Crippen MR) is 61.9 cm³/mol. The number of amides is 1. The minimum Gasteiger partial charge on any atom is -0.381 e. The molecule has 0 radical (unpaired) electrons. The Hall–Kier alpha value is -0.610. The Labute approximate surface area is 97.1 Å². The van der Waals surface area contributed by atoms with Crippen LogP contribution in [0.5, 0.6) is 0 Å². The van der Waals surface area contributed by atoms with Crippen LogP contribution in [0.3, 0.4) is 0 Å². The second kappa shape index (κ2) is 5.64. The van der Waals surface area contributed by atoms with E-state index in [9.17, 15) is 4.79 Å². The maximum absolute atomic E-state index is 12.3. The standard InChI is InChI=1S/C12H22N2O2/c13-8-11-5-1-2-6-14(11)12(15)10-4-3-7-16-9-10/h10-11H,1-9,13H2. The van der Waals surface area contributed by atoms with Crippen molar-refractivity contribution in [3.05, 3.63) is 0 Å². The van der Waals surface area contributed by atoms with Crippen LogP contribution in [0.25, 0.3) is 0 Å². The number of carbonyl (C=O) groups is 1. The zero-order valence-electron chi connectivity index (χ0n) is 9.86. The van der Waals surface area contributed by atoms with Crippen LogP contribution in [-0.4, -0.2) is 43.2 Å². The van der Waals surface area contributed by atoms with Crippen LogP contribution in [0.1, 0.15) is 32.1 Å². The first kappa shape index (κ1) is 11.9. The quantitative estimate of drug-likeness (QED) is 0.756. The molecule has 0 aromatic heterocycles. The summed E-state index contributed by atoms with van der Waals surface area (Å²) in [7, 11) is 0. The van der Waals surface area contributed by atoms with Gasteiger partial charge in [0.15, 0.2) is 0 Å². The van der Waals surface area contributed by atoms with E-state index in [1.54, 1.807) is 0 Å². The number of likely N-dealkylation sites (tertiary alicyclic amines) is 1. The number of piperidine rings is 1. The number of nitrogens with two attached hydrogens (primary N) is 1. The molecular formula is C12H22N2O2. The van der Waals surface area contributed by atoms with Gasteiger partial charge in [-0.05, 0) is 32.1 Å². The summed E-state index contributed by atoms with van der Waals surface area (Å²) in [5, 5.41) is 0. The highest BCUT2D eigenvalue weighted by Crippen LogP contribution is 2.22. The van der Waals surface area contributed by atoms with Crippen molar-refractivity contribution in [3.8, 4) is 0 Å². The number of carbonyl (C=O) groups excluding carboxylic acids is 1. The van der Waals surface area contributed by atoms with Crippen LogP contribution in [0.2, 0.25) is 0 Å². The van der Waals surface area contributed by atoms with Crippen LogP contribution in [0.4, 0.5) is 0 Å². The molecule has 0 saturated carbocycles. The summed E-state index contributed by atoms with van der Waals surface area (Å²) in [6, 6.07) is 0.267. The number of hydrogen-bond donors (Lipinski definition) is 1. The Balaban J connectivity index is 1.95. The lowest BCUT2D eigenvalue weighted by Crippen LogP contribution is -2.50. The molecule has 2 atom stereocenters. The zero-order chi connectivity index (χ0) is 11.4. The average molecular weight is 226 g/mol. The monoisotopic (exact) mass is 226 g/mol. The number of nitrogens with zero attached hydrogens (tertiary/aromatic N) is 1. The molecule has 0 aliphatic carbocycles. The van der Waals surface area contributed by atoms with E-state index in [-0.39, 0.29) is 17.9 Å². The van der Waals surface area contributed by atoms with Gasteiger partial charge in [-0.25, -0.2) is 0 Å². The van der Waals surface area contributed by atoms with Gasteiger partial charge >= 0.3 is 0 Å². The maximum Gasteiger partial charge on any atom is 0.228 e. The summed E-state index contributed by atoms with van der Waals surface area (Å²) >= 11 is 0. The smallest absolute Gasteiger partial charge is 0.228 e. The lowest BCUT2D eigenvalue weighted by Gasteiger charge is -2.38. The minimum atomic E-state index is 0.0842. The number of hydrogen-bond acceptors (Lipinski definition) is 3. The minimum absolute atomic E-state index is 0.0842. The lowest BCUT2D eigenvalue weighted by atomic mass is 9.96. The van der Waals surface area contributed by atoms with Crippen molar-refractivity contribution >= 4 is 5.91 Å². The van der Waals surface area contributed by atoms with E-state index in [4.69, 9.17) is 10.5 Å². The summed E-state index contributed by atoms with van der Waals surface area (Å²) in [6.45, 7) is 2.90. The van der Waals surface area contributed by atoms with E-state index in [2.05, 4.69) is 0 Å². The molecule has 2 N–H and O–H groups in total. The second-order valence-corrected chi connectivity index (χ2v) is 4.83. The molecule has 2 rings (SSSR count). The van der Waals surface area contributed by atoms with Gasteiger partial charge < -0.3 is 15.4 Å². The summed E-state index contributed by atoms with van der Waals surface area (Å²) in [4.78, 5) is 14.3. The van der Waals surface area contributed by atoms with Crippen LogP contribution in [0.15, 0.2) is 0 Å². The van der Waals surface area contributed by atoms with Crippen molar-refractivity contribution < 1.29 is 9.53 Å². The fraction of sp³-hybridized carbons (Fsp3) is 0.917. The van der Waals surface area contributed by atoms with Gasteiger partial charge in [-0.3, -0.25) is 4.79 Å². The zero-order valence-corrected chi connectivity index (χ0v) is 9.86. The largest absolute Gasteiger partial charge is 0.381 e. The summed E-state index contributed by atoms with van der Waals surface area (Å²) in [5.41, 5.74) is 5.74. The van der Waals surface area contributed by atoms with Crippen LogP contribution in [-0.2, 0) is 9.53 Å². The Morgan fingerprint density at radius 2 is 2.19 bits per heavy atom. The third kappa shape index (κ3) is 2.55. The van der Waals surface area contributed by atoms with E-state index in [1.807, 2.05) is 4.90 Å². The summed E-state index contributed by atoms with van der Waals surface area (Å²) < 4.78 is 5.38. The highest BCUT2D eigenvalue weighted by Gasteiger charge is 2.31. The molecular weight excluding hydrogens is 204 g/mol. The molecule has 1 amide bonds. The van der Waals surface area contributed by atoms with Crippen molar-refractivity contribution in [2.75, 3.05) is 26.3 Å². The third-order valence-corrected chi connectivity index (χ3v) is 3.69. The van der Waals surface area contributed by atoms with Gasteiger partial charge in [0.05, 0.1) is 12.5 Å². The predicted octanol–water partition coefficient (Wildman–Crippen LogP) is 0.753. The van der Waals surface area contributed by atoms with Crippen molar-refractivity contribution in [3.63, 3.8) is 0 Å². The molecule has 2 aliphatic rings. The first-order chi connectivity index (χ1) is 7.83. The lowest BCUT2D eigenvalue weighted by molar-refractivity contribution is -0.143. The van der Waals surface area contributed by atoms with E-state index in [1.165, 1.54) is 6.42 Å². The molecule has 16 heavy (non-hydrogen) atoms. The Bertz CT molecular complexity index is 239. The molecule has 2 unspecified atom stereocenters. The SMILES string of the molecule is NCC1CCCCN1C(=O)C1CCCOC1. The normalized spacial score (nSPS) is 31.4. The van der Waals surface area contributed by atoms with E-state index in [0.717, 1.165) is 38.8 Å². The third-order valence-electron chi connectivity index (χ3n) is 3.69. The first-order valence-corrected chi connectivity index (χ1v) is 6.41. The van der Waals surface area contributed by atoms with Gasteiger partial charge in [0.25, 0.3) is 0 Å². The highest BCUT2D eigenvalue weighted by atomic mass is 16.5. The van der Waals surface area contributed by atoms with Crippen molar-refractivity contribution in [2.45, 2.75) is 38.1 Å². The van der Waals surface area contributed by atoms with Gasteiger partial charge in [-0.15, -0.1) is 0 Å². The van der Waals surface area contributed by atoms with E-state index in [0.29, 0.717) is 13.2 Å². The highest BCUT2D eigenvalue weighted by molar-refractivity contribution is 5.79. The van der Waals surface area contributed by atoms with Gasteiger partial charge in [-0.1, -0.05) is 0 Å². The molecule has 4 heteroatoms. The van der Waals surface area contributed by atoms with Crippen molar-refractivity contribution in [1.82, 2.24) is 4.90 Å². The second-order valence-electron chi connectivity index (χ2n) is 4.83. The molecule has 2 fully saturated rings. The van der Waals surface area contributed by atoms with Gasteiger partial charge in [0, 0.05) is 25.7 Å². The molecule has 2 heterocycles. The molecule has 2 aliphatic heterocycles. The summed E-state index contributed by atoms with van der Waals surface area (Å²) in [6.07, 6.45) is 5.38. The number of ether oxygens (including phenoxy) is 1. The van der Waals surface area contributed by atoms with Crippen LogP contribution < -0.4 is 5.73 Å². The Kier molecular flexibility index (Phi) is 4.18. The van der Waals surface area contributed by atoms with Crippen LogP contribution >= 0.6 is 0 Å². The van der Waals surface area contributed by atoms with E-state index < -0.39 is 0 Å². The molecule has 0 spiro atoms. The molecule has 0 bridgehead atoms. The Morgan fingerprint density at radius 3 is 2.88 bits per heavy atom. The molecule has 2 saturated heterocycles. The Morgan fingerprint density at radius 1 is 1.31 bits per heavy atom. The maximum atomic E-state index is 12.3. The molecule has 0 aromatic carbocycles. The fourth-order valence-corrected chi connectivity index (χ4v) is 2.71. The topological polar surface area (TPSA) is 55.6 Å². The van der Waals surface area contributed by atoms with E-state index >= 15 is 0 Å². The van der Waals surface area contributed by atoms with Gasteiger partial charge in [0.2, 0.25) is 5.91 Å². The van der Waals surface area contributed by atoms with Crippen molar-refractivity contribution in [2.24, 2.45) is 11.7 Å². The summed E-state index contributed by atoms with van der Waals surface area (Å²) in [5.74, 6) is 0.357. The van der Waals surface area contributed by atoms with Crippen LogP contribution in [0, 0.1) is 5.92 Å².